The molecule has 0 aliphatic carbocycles. The summed E-state index contributed by atoms with van der Waals surface area (Å²) in [5, 5.41) is 8.42. The van der Waals surface area contributed by atoms with E-state index in [9.17, 15) is 0 Å². The molecule has 0 aliphatic heterocycles. The summed E-state index contributed by atoms with van der Waals surface area (Å²) in [7, 11) is 0. The first-order valence-corrected chi connectivity index (χ1v) is 4.43. The number of fused-ring (bicyclic) bond motifs is 1. The Hall–Kier alpha value is -1.16. The van der Waals surface area contributed by atoms with Crippen molar-refractivity contribution in [1.29, 1.82) is 0 Å². The van der Waals surface area contributed by atoms with Crippen molar-refractivity contribution < 1.29 is 0 Å². The molecule has 13 heavy (non-hydrogen) atoms. The summed E-state index contributed by atoms with van der Waals surface area (Å²) in [5.74, 6) is 0. The number of hydrogen-bond acceptors (Lipinski definition) is 3. The Labute approximate surface area is 80.5 Å². The van der Waals surface area contributed by atoms with Gasteiger partial charge in [0.2, 0.25) is 0 Å². The van der Waals surface area contributed by atoms with Crippen molar-refractivity contribution in [3.8, 4) is 0 Å². The Morgan fingerprint density at radius 1 is 1.38 bits per heavy atom. The standard InChI is InChI=1S/C8H9ClN4/c1-5(2)13-8-6(11-12-13)3-4-7(9)10-8/h3-5H,1-2H3. The van der Waals surface area contributed by atoms with E-state index in [4.69, 9.17) is 11.6 Å². The van der Waals surface area contributed by atoms with Crippen LogP contribution in [0.1, 0.15) is 19.9 Å². The molecule has 0 aromatic carbocycles. The Balaban J connectivity index is 2.71. The zero-order valence-electron chi connectivity index (χ0n) is 7.40. The van der Waals surface area contributed by atoms with Gasteiger partial charge in [0.1, 0.15) is 10.7 Å². The van der Waals surface area contributed by atoms with Crippen molar-refractivity contribution in [3.63, 3.8) is 0 Å². The van der Waals surface area contributed by atoms with Crippen molar-refractivity contribution in [2.24, 2.45) is 0 Å². The summed E-state index contributed by atoms with van der Waals surface area (Å²) in [6.45, 7) is 4.05. The van der Waals surface area contributed by atoms with Crippen LogP contribution in [0, 0.1) is 0 Å². The van der Waals surface area contributed by atoms with E-state index in [-0.39, 0.29) is 6.04 Å². The molecular weight excluding hydrogens is 188 g/mol. The van der Waals surface area contributed by atoms with Crippen LogP contribution in [0.2, 0.25) is 5.15 Å². The van der Waals surface area contributed by atoms with Crippen LogP contribution in [0.4, 0.5) is 0 Å². The van der Waals surface area contributed by atoms with Gasteiger partial charge in [-0.2, -0.15) is 0 Å². The average Bonchev–Trinajstić information content (AvgIpc) is 2.46. The molecule has 0 saturated heterocycles. The topological polar surface area (TPSA) is 43.6 Å². The van der Waals surface area contributed by atoms with Crippen molar-refractivity contribution in [2.75, 3.05) is 0 Å². The van der Waals surface area contributed by atoms with Gasteiger partial charge in [-0.25, -0.2) is 9.67 Å². The van der Waals surface area contributed by atoms with Gasteiger partial charge in [-0.15, -0.1) is 5.10 Å². The minimum absolute atomic E-state index is 0.246. The van der Waals surface area contributed by atoms with E-state index in [2.05, 4.69) is 15.3 Å². The third kappa shape index (κ3) is 1.37. The molecule has 0 aliphatic rings. The first-order valence-electron chi connectivity index (χ1n) is 4.06. The highest BCUT2D eigenvalue weighted by Crippen LogP contribution is 2.15. The van der Waals surface area contributed by atoms with E-state index in [1.54, 1.807) is 10.7 Å². The molecule has 4 nitrogen and oxygen atoms in total. The predicted octanol–water partition coefficient (Wildman–Crippen LogP) is 2.06. The van der Waals surface area contributed by atoms with Crippen LogP contribution in [0.3, 0.4) is 0 Å². The van der Waals surface area contributed by atoms with Crippen molar-refractivity contribution in [3.05, 3.63) is 17.3 Å². The third-order valence-corrected chi connectivity index (χ3v) is 1.99. The molecule has 0 unspecified atom stereocenters. The van der Waals surface area contributed by atoms with Crippen LogP contribution in [-0.4, -0.2) is 20.0 Å². The van der Waals surface area contributed by atoms with Crippen LogP contribution in [0.5, 0.6) is 0 Å². The lowest BCUT2D eigenvalue weighted by atomic mass is 10.4. The molecule has 2 aromatic rings. The first-order chi connectivity index (χ1) is 6.18. The zero-order valence-corrected chi connectivity index (χ0v) is 8.15. The average molecular weight is 197 g/mol. The molecule has 0 radical (unpaired) electrons. The van der Waals surface area contributed by atoms with Gasteiger partial charge >= 0.3 is 0 Å². The van der Waals surface area contributed by atoms with E-state index >= 15 is 0 Å². The number of pyridine rings is 1. The fourth-order valence-electron chi connectivity index (χ4n) is 1.15. The zero-order chi connectivity index (χ0) is 9.42. The summed E-state index contributed by atoms with van der Waals surface area (Å²) in [5.41, 5.74) is 1.51. The SMILES string of the molecule is CC(C)n1nnc2ccc(Cl)nc21. The predicted molar refractivity (Wildman–Crippen MR) is 50.7 cm³/mol. The molecule has 0 N–H and O–H groups in total. The summed E-state index contributed by atoms with van der Waals surface area (Å²) in [6.07, 6.45) is 0. The number of rotatable bonds is 1. The lowest BCUT2D eigenvalue weighted by Gasteiger charge is -2.03. The summed E-state index contributed by atoms with van der Waals surface area (Å²) in [4.78, 5) is 4.16. The minimum Gasteiger partial charge on any atom is -0.224 e. The molecule has 0 fully saturated rings. The largest absolute Gasteiger partial charge is 0.224 e. The Morgan fingerprint density at radius 2 is 2.15 bits per heavy atom. The van der Waals surface area contributed by atoms with Crippen molar-refractivity contribution >= 4 is 22.8 Å². The second-order valence-corrected chi connectivity index (χ2v) is 3.49. The van der Waals surface area contributed by atoms with Gasteiger partial charge in [0, 0.05) is 0 Å². The molecule has 2 heterocycles. The van der Waals surface area contributed by atoms with Gasteiger partial charge in [-0.1, -0.05) is 16.8 Å². The summed E-state index contributed by atoms with van der Waals surface area (Å²) in [6, 6.07) is 3.77. The molecule has 0 spiro atoms. The highest BCUT2D eigenvalue weighted by Gasteiger charge is 2.08. The molecule has 2 aromatic heterocycles. The number of aromatic nitrogens is 4. The molecule has 68 valence electrons. The maximum Gasteiger partial charge on any atom is 0.180 e. The molecule has 0 bridgehead atoms. The lowest BCUT2D eigenvalue weighted by Crippen LogP contribution is -2.03. The Morgan fingerprint density at radius 3 is 2.85 bits per heavy atom. The third-order valence-electron chi connectivity index (χ3n) is 1.78. The van der Waals surface area contributed by atoms with Crippen LogP contribution in [0.25, 0.3) is 11.2 Å². The van der Waals surface area contributed by atoms with E-state index in [1.807, 2.05) is 19.9 Å². The van der Waals surface area contributed by atoms with Crippen LogP contribution in [-0.2, 0) is 0 Å². The quantitative estimate of drug-likeness (QED) is 0.656. The second kappa shape index (κ2) is 2.96. The molecule has 0 saturated carbocycles. The first kappa shape index (κ1) is 8.44. The molecule has 0 atom stereocenters. The number of halogens is 1. The maximum atomic E-state index is 5.77. The molecule has 2 rings (SSSR count). The normalized spacial score (nSPS) is 11.4. The summed E-state index contributed by atoms with van der Waals surface area (Å²) < 4.78 is 1.75. The monoisotopic (exact) mass is 196 g/mol. The van der Waals surface area contributed by atoms with E-state index in [0.717, 1.165) is 11.2 Å². The molecular formula is C8H9ClN4. The molecule has 5 heteroatoms. The molecule has 0 amide bonds. The van der Waals surface area contributed by atoms with Gasteiger partial charge in [-0.05, 0) is 26.0 Å². The lowest BCUT2D eigenvalue weighted by molar-refractivity contribution is 0.526. The van der Waals surface area contributed by atoms with Crippen LogP contribution >= 0.6 is 11.6 Å². The van der Waals surface area contributed by atoms with E-state index in [0.29, 0.717) is 5.15 Å². The van der Waals surface area contributed by atoms with Crippen molar-refractivity contribution in [1.82, 2.24) is 20.0 Å². The minimum atomic E-state index is 0.246. The van der Waals surface area contributed by atoms with Crippen LogP contribution in [0.15, 0.2) is 12.1 Å². The van der Waals surface area contributed by atoms with Gasteiger partial charge in [-0.3, -0.25) is 0 Å². The van der Waals surface area contributed by atoms with Crippen LogP contribution < -0.4 is 0 Å². The fourth-order valence-corrected chi connectivity index (χ4v) is 1.29. The van der Waals surface area contributed by atoms with E-state index in [1.165, 1.54) is 0 Å². The Kier molecular flexibility index (Phi) is 1.92. The van der Waals surface area contributed by atoms with Gasteiger partial charge < -0.3 is 0 Å². The van der Waals surface area contributed by atoms with Gasteiger partial charge in [0.05, 0.1) is 6.04 Å². The van der Waals surface area contributed by atoms with Gasteiger partial charge in [0.15, 0.2) is 5.65 Å². The second-order valence-electron chi connectivity index (χ2n) is 3.10. The highest BCUT2D eigenvalue weighted by molar-refractivity contribution is 6.29. The maximum absolute atomic E-state index is 5.77. The fraction of sp³-hybridized carbons (Fsp3) is 0.375. The summed E-state index contributed by atoms with van der Waals surface area (Å²) >= 11 is 5.77. The van der Waals surface area contributed by atoms with Gasteiger partial charge in [0.25, 0.3) is 0 Å². The number of nitrogens with zero attached hydrogens (tertiary/aromatic N) is 4. The smallest absolute Gasteiger partial charge is 0.180 e. The van der Waals surface area contributed by atoms with E-state index < -0.39 is 0 Å². The van der Waals surface area contributed by atoms with Crippen molar-refractivity contribution in [2.45, 2.75) is 19.9 Å². The Bertz CT molecular complexity index is 435. The highest BCUT2D eigenvalue weighted by atomic mass is 35.5. The number of hydrogen-bond donors (Lipinski definition) is 0.